The summed E-state index contributed by atoms with van der Waals surface area (Å²) in [5.74, 6) is 0.879. The van der Waals surface area contributed by atoms with Gasteiger partial charge in [-0.05, 0) is 12.3 Å². The molecule has 2 atom stereocenters. The van der Waals surface area contributed by atoms with Gasteiger partial charge in [0.2, 0.25) is 0 Å². The number of hydrogen-bond donors (Lipinski definition) is 1. The predicted molar refractivity (Wildman–Crippen MR) is 59.5 cm³/mol. The lowest BCUT2D eigenvalue weighted by Gasteiger charge is -2.30. The van der Waals surface area contributed by atoms with Gasteiger partial charge in [-0.3, -0.25) is 4.79 Å². The van der Waals surface area contributed by atoms with Crippen molar-refractivity contribution in [3.8, 4) is 0 Å². The van der Waals surface area contributed by atoms with Crippen molar-refractivity contribution < 1.29 is 9.21 Å². The van der Waals surface area contributed by atoms with Gasteiger partial charge in [-0.25, -0.2) is 0 Å². The van der Waals surface area contributed by atoms with E-state index in [9.17, 15) is 4.79 Å². The summed E-state index contributed by atoms with van der Waals surface area (Å²) < 4.78 is 5.13. The first-order chi connectivity index (χ1) is 7.72. The van der Waals surface area contributed by atoms with E-state index >= 15 is 0 Å². The molecule has 1 N–H and O–H groups in total. The summed E-state index contributed by atoms with van der Waals surface area (Å²) in [5.41, 5.74) is 0. The Kier molecular flexibility index (Phi) is 2.41. The van der Waals surface area contributed by atoms with Gasteiger partial charge in [0, 0.05) is 31.7 Å². The molecule has 0 unspecified atom stereocenters. The first-order valence-corrected chi connectivity index (χ1v) is 5.87. The van der Waals surface area contributed by atoms with Crippen molar-refractivity contribution in [2.75, 3.05) is 19.6 Å². The van der Waals surface area contributed by atoms with E-state index in [-0.39, 0.29) is 5.91 Å². The fourth-order valence-corrected chi connectivity index (χ4v) is 2.72. The third kappa shape index (κ3) is 1.72. The van der Waals surface area contributed by atoms with Gasteiger partial charge in [-0.2, -0.15) is 0 Å². The molecule has 3 rings (SSSR count). The first kappa shape index (κ1) is 10.2. The molecule has 1 amide bonds. The molecular weight excluding hydrogens is 228 g/mol. The zero-order valence-electron chi connectivity index (χ0n) is 8.78. The van der Waals surface area contributed by atoms with Gasteiger partial charge in [0.1, 0.15) is 6.26 Å². The predicted octanol–water partition coefficient (Wildman–Crippen LogP) is 1.37. The number of nitrogens with zero attached hydrogens (tertiary/aromatic N) is 1. The number of fused-ring (bicyclic) bond motifs is 2. The van der Waals surface area contributed by atoms with Crippen molar-refractivity contribution in [1.29, 1.82) is 0 Å². The average molecular weight is 241 g/mol. The Bertz CT molecular complexity index is 406. The van der Waals surface area contributed by atoms with Crippen LogP contribution >= 0.6 is 11.6 Å². The lowest BCUT2D eigenvalue weighted by Crippen LogP contribution is -2.44. The van der Waals surface area contributed by atoms with Crippen LogP contribution in [0.1, 0.15) is 17.0 Å². The van der Waals surface area contributed by atoms with Crippen LogP contribution in [0.4, 0.5) is 0 Å². The van der Waals surface area contributed by atoms with Crippen LogP contribution in [-0.2, 0) is 0 Å². The lowest BCUT2D eigenvalue weighted by molar-refractivity contribution is 0.0659. The number of halogens is 1. The minimum absolute atomic E-state index is 0.0506. The number of carbonyl (C=O) groups excluding carboxylic acids is 1. The molecule has 0 aromatic carbocycles. The minimum atomic E-state index is -0.0506. The van der Waals surface area contributed by atoms with E-state index in [1.165, 1.54) is 12.7 Å². The highest BCUT2D eigenvalue weighted by atomic mass is 35.5. The highest BCUT2D eigenvalue weighted by molar-refractivity contribution is 6.30. The van der Waals surface area contributed by atoms with Gasteiger partial charge in [-0.1, -0.05) is 11.6 Å². The SMILES string of the molecule is O=C(c1cc(Cl)co1)N1C[C@H]2CN[C@H](C2)C1. The smallest absolute Gasteiger partial charge is 0.289 e. The second-order valence-electron chi connectivity index (χ2n) is 4.55. The van der Waals surface area contributed by atoms with Crippen molar-refractivity contribution in [2.45, 2.75) is 12.5 Å². The minimum Gasteiger partial charge on any atom is -0.458 e. The molecule has 0 saturated carbocycles. The zero-order chi connectivity index (χ0) is 11.1. The largest absolute Gasteiger partial charge is 0.458 e. The second kappa shape index (κ2) is 3.79. The molecule has 0 radical (unpaired) electrons. The van der Waals surface area contributed by atoms with E-state index in [0.717, 1.165) is 19.6 Å². The van der Waals surface area contributed by atoms with Crippen LogP contribution in [-0.4, -0.2) is 36.5 Å². The lowest BCUT2D eigenvalue weighted by atomic mass is 10.00. The summed E-state index contributed by atoms with van der Waals surface area (Å²) in [6, 6.07) is 2.03. The Morgan fingerprint density at radius 2 is 2.44 bits per heavy atom. The Hall–Kier alpha value is -1.00. The molecule has 4 nitrogen and oxygen atoms in total. The number of carbonyl (C=O) groups is 1. The highest BCUT2D eigenvalue weighted by Crippen LogP contribution is 2.24. The van der Waals surface area contributed by atoms with E-state index in [1.807, 2.05) is 4.90 Å². The van der Waals surface area contributed by atoms with Gasteiger partial charge < -0.3 is 14.6 Å². The van der Waals surface area contributed by atoms with E-state index in [1.54, 1.807) is 6.07 Å². The number of likely N-dealkylation sites (tertiary alicyclic amines) is 1. The standard InChI is InChI=1S/C11H13ClN2O2/c12-8-2-10(16-6-8)11(15)14-4-7-1-9(5-14)13-3-7/h2,6-7,9,13H,1,3-5H2/t7-,9-/m1/s1. The Labute approximate surface area is 98.5 Å². The maximum atomic E-state index is 12.1. The Morgan fingerprint density at radius 3 is 3.12 bits per heavy atom. The molecule has 2 aliphatic rings. The summed E-state index contributed by atoms with van der Waals surface area (Å²) >= 11 is 5.74. The van der Waals surface area contributed by atoms with E-state index in [4.69, 9.17) is 16.0 Å². The second-order valence-corrected chi connectivity index (χ2v) is 4.98. The number of amides is 1. The molecule has 16 heavy (non-hydrogen) atoms. The van der Waals surface area contributed by atoms with Gasteiger partial charge in [0.15, 0.2) is 5.76 Å². The van der Waals surface area contributed by atoms with Crippen molar-refractivity contribution in [1.82, 2.24) is 10.2 Å². The van der Waals surface area contributed by atoms with E-state index in [2.05, 4.69) is 5.32 Å². The van der Waals surface area contributed by atoms with Crippen LogP contribution in [0, 0.1) is 5.92 Å². The van der Waals surface area contributed by atoms with Gasteiger partial charge in [0.05, 0.1) is 5.02 Å². The van der Waals surface area contributed by atoms with E-state index in [0.29, 0.717) is 22.7 Å². The maximum absolute atomic E-state index is 12.1. The van der Waals surface area contributed by atoms with E-state index < -0.39 is 0 Å². The number of rotatable bonds is 1. The highest BCUT2D eigenvalue weighted by Gasteiger charge is 2.35. The third-order valence-corrected chi connectivity index (χ3v) is 3.50. The zero-order valence-corrected chi connectivity index (χ0v) is 9.54. The number of hydrogen-bond acceptors (Lipinski definition) is 3. The summed E-state index contributed by atoms with van der Waals surface area (Å²) in [7, 11) is 0. The van der Waals surface area contributed by atoms with Crippen LogP contribution in [0.2, 0.25) is 5.02 Å². The fraction of sp³-hybridized carbons (Fsp3) is 0.545. The molecule has 2 bridgehead atoms. The van der Waals surface area contributed by atoms with Crippen LogP contribution in [0.5, 0.6) is 0 Å². The molecule has 0 aliphatic carbocycles. The number of nitrogens with one attached hydrogen (secondary N) is 1. The topological polar surface area (TPSA) is 45.5 Å². The maximum Gasteiger partial charge on any atom is 0.289 e. The van der Waals surface area contributed by atoms with Crippen molar-refractivity contribution in [3.05, 3.63) is 23.1 Å². The monoisotopic (exact) mass is 240 g/mol. The third-order valence-electron chi connectivity index (χ3n) is 3.30. The van der Waals surface area contributed by atoms with Crippen LogP contribution in [0.3, 0.4) is 0 Å². The molecule has 86 valence electrons. The summed E-state index contributed by atoms with van der Waals surface area (Å²) in [5, 5.41) is 3.88. The quantitative estimate of drug-likeness (QED) is 0.807. The van der Waals surface area contributed by atoms with Gasteiger partial charge >= 0.3 is 0 Å². The van der Waals surface area contributed by atoms with Gasteiger partial charge in [-0.15, -0.1) is 0 Å². The number of piperidine rings is 1. The normalized spacial score (nSPS) is 28.4. The Morgan fingerprint density at radius 1 is 1.56 bits per heavy atom. The summed E-state index contributed by atoms with van der Waals surface area (Å²) in [6.07, 6.45) is 2.58. The van der Waals surface area contributed by atoms with Crippen molar-refractivity contribution in [2.24, 2.45) is 5.92 Å². The van der Waals surface area contributed by atoms with Crippen molar-refractivity contribution >= 4 is 17.5 Å². The summed E-state index contributed by atoms with van der Waals surface area (Å²) in [6.45, 7) is 2.61. The number of furan rings is 1. The first-order valence-electron chi connectivity index (χ1n) is 5.49. The molecule has 3 heterocycles. The van der Waals surface area contributed by atoms with Gasteiger partial charge in [0.25, 0.3) is 5.91 Å². The summed E-state index contributed by atoms with van der Waals surface area (Å²) in [4.78, 5) is 13.9. The van der Waals surface area contributed by atoms with Crippen LogP contribution in [0.25, 0.3) is 0 Å². The van der Waals surface area contributed by atoms with Crippen molar-refractivity contribution in [3.63, 3.8) is 0 Å². The fourth-order valence-electron chi connectivity index (χ4n) is 2.58. The molecular formula is C11H13ClN2O2. The molecule has 2 saturated heterocycles. The Balaban J connectivity index is 1.76. The molecule has 2 fully saturated rings. The molecule has 0 spiro atoms. The average Bonchev–Trinajstić information content (AvgIpc) is 2.84. The molecule has 1 aromatic rings. The van der Waals surface area contributed by atoms with Crippen LogP contribution in [0.15, 0.2) is 16.7 Å². The molecule has 2 aliphatic heterocycles. The molecule has 5 heteroatoms. The van der Waals surface area contributed by atoms with Crippen LogP contribution < -0.4 is 5.32 Å². The molecule has 1 aromatic heterocycles.